The fourth-order valence-electron chi connectivity index (χ4n) is 3.63. The van der Waals surface area contributed by atoms with Crippen molar-refractivity contribution < 1.29 is 19.5 Å². The zero-order valence-electron chi connectivity index (χ0n) is 19.9. The summed E-state index contributed by atoms with van der Waals surface area (Å²) in [5.74, 6) is 0.447. The van der Waals surface area contributed by atoms with Crippen molar-refractivity contribution >= 4 is 11.8 Å². The Morgan fingerprint density at radius 2 is 1.51 bits per heavy atom. The Labute approximate surface area is 206 Å². The third-order valence-electron chi connectivity index (χ3n) is 5.63. The number of benzene rings is 2. The number of hydrogen-bond donors (Lipinski definition) is 3. The van der Waals surface area contributed by atoms with Gasteiger partial charge in [-0.25, -0.2) is 5.48 Å². The first-order valence-electron chi connectivity index (χ1n) is 12.1. The van der Waals surface area contributed by atoms with Gasteiger partial charge in [-0.2, -0.15) is 0 Å². The third-order valence-corrected chi connectivity index (χ3v) is 5.63. The number of hydrogen-bond acceptors (Lipinski definition) is 5. The quantitative estimate of drug-likeness (QED) is 0.176. The van der Waals surface area contributed by atoms with Crippen LogP contribution >= 0.6 is 0 Å². The first kappa shape index (κ1) is 25.9. The van der Waals surface area contributed by atoms with E-state index in [1.54, 1.807) is 11.7 Å². The minimum atomic E-state index is -0.328. The van der Waals surface area contributed by atoms with Gasteiger partial charge in [-0.3, -0.25) is 19.8 Å². The third kappa shape index (κ3) is 9.59. The summed E-state index contributed by atoms with van der Waals surface area (Å²) in [7, 11) is 0. The van der Waals surface area contributed by atoms with Crippen LogP contribution in [-0.4, -0.2) is 28.6 Å². The molecule has 0 unspecified atom stereocenters. The molecule has 0 radical (unpaired) electrons. The smallest absolute Gasteiger partial charge is 0.243 e. The Balaban J connectivity index is 1.35. The molecule has 3 aromatic rings. The lowest BCUT2D eigenvalue weighted by molar-refractivity contribution is -0.129. The molecule has 35 heavy (non-hydrogen) atoms. The predicted octanol–water partition coefficient (Wildman–Crippen LogP) is 4.83. The van der Waals surface area contributed by atoms with Crippen LogP contribution in [0.1, 0.15) is 49.8 Å². The number of aromatic nitrogens is 1. The molecule has 0 saturated heterocycles. The molecule has 0 bridgehead atoms. The lowest BCUT2D eigenvalue weighted by atomic mass is 10.1. The topological polar surface area (TPSA) is 101 Å². The molecule has 0 aliphatic heterocycles. The second kappa shape index (κ2) is 14.5. The van der Waals surface area contributed by atoms with E-state index in [4.69, 9.17) is 9.94 Å². The number of unbranched alkanes of at least 4 members (excludes halogenated alkanes) is 4. The van der Waals surface area contributed by atoms with Gasteiger partial charge < -0.3 is 10.1 Å². The monoisotopic (exact) mass is 475 g/mol. The molecule has 0 spiro atoms. The van der Waals surface area contributed by atoms with Gasteiger partial charge in [0.25, 0.3) is 0 Å². The van der Waals surface area contributed by atoms with E-state index in [2.05, 4.69) is 10.3 Å². The number of nitrogens with zero attached hydrogens (tertiary/aromatic N) is 1. The van der Waals surface area contributed by atoms with Gasteiger partial charge in [0, 0.05) is 30.4 Å². The number of carbonyl (C=O) groups excluding carboxylic acids is 2. The van der Waals surface area contributed by atoms with E-state index in [0.717, 1.165) is 60.2 Å². The molecule has 7 nitrogen and oxygen atoms in total. The van der Waals surface area contributed by atoms with E-state index >= 15 is 0 Å². The van der Waals surface area contributed by atoms with Crippen molar-refractivity contribution in [2.75, 3.05) is 6.61 Å². The summed E-state index contributed by atoms with van der Waals surface area (Å²) in [4.78, 5) is 27.6. The Hall–Kier alpha value is -3.71. The number of nitrogens with one attached hydrogen (secondary N) is 2. The van der Waals surface area contributed by atoms with Crippen LogP contribution in [-0.2, 0) is 22.6 Å². The number of rotatable bonds is 14. The van der Waals surface area contributed by atoms with Gasteiger partial charge in [0.2, 0.25) is 11.8 Å². The van der Waals surface area contributed by atoms with Crippen LogP contribution in [0.25, 0.3) is 11.1 Å². The Bertz CT molecular complexity index is 1040. The van der Waals surface area contributed by atoms with Gasteiger partial charge in [-0.1, -0.05) is 67.8 Å². The number of amides is 2. The molecule has 3 rings (SSSR count). The standard InChI is InChI=1S/C28H33N3O4/c32-27(31-34)11-7-2-1-3-8-18-35-26-16-13-23(14-17-26)24-12-15-25(29-21-24)19-28(33)30-20-22-9-5-4-6-10-22/h4-6,9-10,12-17,21,34H,1-3,7-8,11,18-20H2,(H,30,33)(H,31,32). The molecular formula is C28H33N3O4. The summed E-state index contributed by atoms with van der Waals surface area (Å²) >= 11 is 0. The second-order valence-electron chi connectivity index (χ2n) is 8.40. The normalized spacial score (nSPS) is 10.5. The minimum absolute atomic E-state index is 0.0512. The number of carbonyl (C=O) groups is 2. The maximum absolute atomic E-state index is 12.2. The van der Waals surface area contributed by atoms with Gasteiger partial charge in [0.05, 0.1) is 13.0 Å². The minimum Gasteiger partial charge on any atom is -0.494 e. The van der Waals surface area contributed by atoms with Gasteiger partial charge in [0.15, 0.2) is 0 Å². The maximum atomic E-state index is 12.2. The van der Waals surface area contributed by atoms with E-state index in [1.165, 1.54) is 0 Å². The van der Waals surface area contributed by atoms with Gasteiger partial charge in [-0.15, -0.1) is 0 Å². The van der Waals surface area contributed by atoms with Crippen molar-refractivity contribution in [2.24, 2.45) is 0 Å². The number of ether oxygens (including phenoxy) is 1. The van der Waals surface area contributed by atoms with E-state index in [0.29, 0.717) is 19.6 Å². The van der Waals surface area contributed by atoms with Crippen LogP contribution < -0.4 is 15.5 Å². The van der Waals surface area contributed by atoms with E-state index in [1.807, 2.05) is 66.7 Å². The molecule has 2 aromatic carbocycles. The van der Waals surface area contributed by atoms with E-state index < -0.39 is 0 Å². The summed E-state index contributed by atoms with van der Waals surface area (Å²) in [5, 5.41) is 11.4. The summed E-state index contributed by atoms with van der Waals surface area (Å²) in [5.41, 5.74) is 5.47. The van der Waals surface area contributed by atoms with Crippen LogP contribution in [0.15, 0.2) is 72.9 Å². The second-order valence-corrected chi connectivity index (χ2v) is 8.40. The molecule has 1 aromatic heterocycles. The van der Waals surface area contributed by atoms with Crippen molar-refractivity contribution in [3.8, 4) is 16.9 Å². The van der Waals surface area contributed by atoms with E-state index in [9.17, 15) is 9.59 Å². The predicted molar refractivity (Wildman–Crippen MR) is 135 cm³/mol. The Kier molecular flexibility index (Phi) is 10.8. The largest absolute Gasteiger partial charge is 0.494 e. The molecule has 1 heterocycles. The molecule has 0 fully saturated rings. The highest BCUT2D eigenvalue weighted by atomic mass is 16.5. The first-order valence-corrected chi connectivity index (χ1v) is 12.1. The van der Waals surface area contributed by atoms with Crippen LogP contribution in [0.3, 0.4) is 0 Å². The lowest BCUT2D eigenvalue weighted by Crippen LogP contribution is -2.24. The van der Waals surface area contributed by atoms with Crippen molar-refractivity contribution in [2.45, 2.75) is 51.5 Å². The highest BCUT2D eigenvalue weighted by Gasteiger charge is 2.06. The van der Waals surface area contributed by atoms with Gasteiger partial charge in [-0.05, 0) is 42.2 Å². The number of pyridine rings is 1. The Morgan fingerprint density at radius 1 is 0.800 bits per heavy atom. The SMILES string of the molecule is O=C(CCCCCCCOc1ccc(-c2ccc(CC(=O)NCc3ccccc3)nc2)cc1)NO. The highest BCUT2D eigenvalue weighted by Crippen LogP contribution is 2.22. The molecule has 0 saturated carbocycles. The van der Waals surface area contributed by atoms with Crippen molar-refractivity contribution in [3.63, 3.8) is 0 Å². The zero-order chi connectivity index (χ0) is 24.7. The summed E-state index contributed by atoms with van der Waals surface area (Å²) in [6.45, 7) is 1.16. The molecular weight excluding hydrogens is 442 g/mol. The molecule has 0 atom stereocenters. The average Bonchev–Trinajstić information content (AvgIpc) is 2.90. The molecule has 7 heteroatoms. The van der Waals surface area contributed by atoms with Crippen molar-refractivity contribution in [3.05, 3.63) is 84.2 Å². The van der Waals surface area contributed by atoms with Crippen LogP contribution in [0.5, 0.6) is 5.75 Å². The van der Waals surface area contributed by atoms with Crippen LogP contribution in [0.2, 0.25) is 0 Å². The molecule has 3 N–H and O–H groups in total. The first-order chi connectivity index (χ1) is 17.1. The van der Waals surface area contributed by atoms with Crippen LogP contribution in [0, 0.1) is 0 Å². The van der Waals surface area contributed by atoms with E-state index in [-0.39, 0.29) is 18.2 Å². The molecule has 2 amide bonds. The van der Waals surface area contributed by atoms with Crippen LogP contribution in [0.4, 0.5) is 0 Å². The maximum Gasteiger partial charge on any atom is 0.243 e. The summed E-state index contributed by atoms with van der Waals surface area (Å²) in [6, 6.07) is 21.6. The Morgan fingerprint density at radius 3 is 2.23 bits per heavy atom. The van der Waals surface area contributed by atoms with Gasteiger partial charge in [0.1, 0.15) is 5.75 Å². The zero-order valence-corrected chi connectivity index (χ0v) is 19.9. The summed E-state index contributed by atoms with van der Waals surface area (Å²) in [6.07, 6.45) is 7.19. The fraction of sp³-hybridized carbons (Fsp3) is 0.321. The molecule has 0 aliphatic rings. The summed E-state index contributed by atoms with van der Waals surface area (Å²) < 4.78 is 5.82. The lowest BCUT2D eigenvalue weighted by Gasteiger charge is -2.08. The fourth-order valence-corrected chi connectivity index (χ4v) is 3.63. The molecule has 0 aliphatic carbocycles. The molecule has 184 valence electrons. The van der Waals surface area contributed by atoms with Crippen molar-refractivity contribution in [1.29, 1.82) is 0 Å². The van der Waals surface area contributed by atoms with Gasteiger partial charge >= 0.3 is 0 Å². The number of hydroxylamine groups is 1. The average molecular weight is 476 g/mol. The van der Waals surface area contributed by atoms with Crippen molar-refractivity contribution in [1.82, 2.24) is 15.8 Å². The highest BCUT2D eigenvalue weighted by molar-refractivity contribution is 5.78.